The van der Waals surface area contributed by atoms with Crippen LogP contribution in [0.5, 0.6) is 0 Å². The number of hydroxylamine groups is 1. The Kier molecular flexibility index (Phi) is 0.997. The summed E-state index contributed by atoms with van der Waals surface area (Å²) in [5.41, 5.74) is 2.81. The van der Waals surface area contributed by atoms with Gasteiger partial charge in [0.05, 0.1) is 6.04 Å². The molecule has 0 aromatic heterocycles. The normalized spacial score (nSPS) is 45.0. The highest BCUT2D eigenvalue weighted by molar-refractivity contribution is 4.83. The van der Waals surface area contributed by atoms with Crippen LogP contribution in [-0.4, -0.2) is 18.8 Å². The van der Waals surface area contributed by atoms with Crippen molar-refractivity contribution in [1.82, 2.24) is 10.8 Å². The lowest BCUT2D eigenvalue weighted by atomic mass is 10.2. The van der Waals surface area contributed by atoms with E-state index in [1.54, 1.807) is 0 Å². The molecule has 8 heavy (non-hydrogen) atoms. The SMILES string of the molecule is C1CN[C@H]([C@H]2NO2)C1. The number of hydrogen-bond acceptors (Lipinski definition) is 3. The van der Waals surface area contributed by atoms with Gasteiger partial charge in [-0.2, -0.15) is 5.48 Å². The Morgan fingerprint density at radius 1 is 1.50 bits per heavy atom. The maximum atomic E-state index is 4.88. The second-order valence-corrected chi connectivity index (χ2v) is 2.36. The summed E-state index contributed by atoms with van der Waals surface area (Å²) in [6.07, 6.45) is 2.89. The molecule has 0 bridgehead atoms. The van der Waals surface area contributed by atoms with E-state index >= 15 is 0 Å². The molecule has 0 spiro atoms. The van der Waals surface area contributed by atoms with Gasteiger partial charge in [0.2, 0.25) is 0 Å². The van der Waals surface area contributed by atoms with Gasteiger partial charge in [0.25, 0.3) is 0 Å². The van der Waals surface area contributed by atoms with E-state index in [0.29, 0.717) is 12.3 Å². The molecule has 3 heteroatoms. The van der Waals surface area contributed by atoms with Gasteiger partial charge in [0, 0.05) is 0 Å². The van der Waals surface area contributed by atoms with Gasteiger partial charge >= 0.3 is 0 Å². The van der Waals surface area contributed by atoms with Gasteiger partial charge in [0.15, 0.2) is 6.23 Å². The van der Waals surface area contributed by atoms with Crippen LogP contribution in [-0.2, 0) is 4.84 Å². The third kappa shape index (κ3) is 0.727. The molecule has 0 aliphatic carbocycles. The fraction of sp³-hybridized carbons (Fsp3) is 1.00. The average molecular weight is 114 g/mol. The predicted octanol–water partition coefficient (Wildman–Crippen LogP) is -0.401. The van der Waals surface area contributed by atoms with Crippen LogP contribution in [0, 0.1) is 0 Å². The van der Waals surface area contributed by atoms with Gasteiger partial charge < -0.3 is 5.32 Å². The minimum atomic E-state index is 0.331. The van der Waals surface area contributed by atoms with Crippen molar-refractivity contribution in [3.05, 3.63) is 0 Å². The van der Waals surface area contributed by atoms with Crippen molar-refractivity contribution < 1.29 is 4.84 Å². The smallest absolute Gasteiger partial charge is 0.166 e. The summed E-state index contributed by atoms with van der Waals surface area (Å²) in [7, 11) is 0. The topological polar surface area (TPSA) is 46.5 Å². The molecule has 2 saturated heterocycles. The van der Waals surface area contributed by atoms with Crippen LogP contribution in [0.2, 0.25) is 0 Å². The molecule has 2 aliphatic heterocycles. The second-order valence-electron chi connectivity index (χ2n) is 2.36. The van der Waals surface area contributed by atoms with E-state index in [1.165, 1.54) is 12.8 Å². The van der Waals surface area contributed by atoms with Crippen LogP contribution >= 0.6 is 0 Å². The molecule has 2 fully saturated rings. The van der Waals surface area contributed by atoms with E-state index < -0.39 is 0 Å². The first-order chi connectivity index (χ1) is 3.97. The van der Waals surface area contributed by atoms with Crippen LogP contribution < -0.4 is 10.8 Å². The highest BCUT2D eigenvalue weighted by atomic mass is 16.8. The van der Waals surface area contributed by atoms with Gasteiger partial charge in [-0.3, -0.25) is 4.84 Å². The van der Waals surface area contributed by atoms with Crippen molar-refractivity contribution in [2.24, 2.45) is 0 Å². The molecule has 0 radical (unpaired) electrons. The summed E-state index contributed by atoms with van der Waals surface area (Å²) >= 11 is 0. The van der Waals surface area contributed by atoms with E-state index in [-0.39, 0.29) is 0 Å². The Hall–Kier alpha value is -0.120. The lowest BCUT2D eigenvalue weighted by Gasteiger charge is -2.00. The molecular weight excluding hydrogens is 104 g/mol. The van der Waals surface area contributed by atoms with E-state index in [9.17, 15) is 0 Å². The lowest BCUT2D eigenvalue weighted by molar-refractivity contribution is 0.337. The van der Waals surface area contributed by atoms with Crippen molar-refractivity contribution >= 4 is 0 Å². The largest absolute Gasteiger partial charge is 0.310 e. The minimum Gasteiger partial charge on any atom is -0.310 e. The van der Waals surface area contributed by atoms with E-state index in [0.717, 1.165) is 6.54 Å². The summed E-state index contributed by atoms with van der Waals surface area (Å²) in [6, 6.07) is 0.593. The Morgan fingerprint density at radius 3 is 2.88 bits per heavy atom. The van der Waals surface area contributed by atoms with Crippen molar-refractivity contribution in [2.45, 2.75) is 25.1 Å². The molecule has 0 aromatic carbocycles. The number of hydrogen-bond donors (Lipinski definition) is 2. The highest BCUT2D eigenvalue weighted by Gasteiger charge is 2.33. The van der Waals surface area contributed by atoms with Gasteiger partial charge in [0.1, 0.15) is 0 Å². The van der Waals surface area contributed by atoms with Crippen LogP contribution in [0.25, 0.3) is 0 Å². The standard InChI is InChI=1S/C5H10N2O/c1-2-4(6-3-1)5-7-8-5/h4-7H,1-3H2/t4-,5-/m0/s1. The third-order valence-electron chi connectivity index (χ3n) is 1.72. The molecule has 2 N–H and O–H groups in total. The zero-order valence-electron chi connectivity index (χ0n) is 4.68. The average Bonchev–Trinajstić information content (AvgIpc) is 2.49. The monoisotopic (exact) mass is 114 g/mol. The Bertz CT molecular complexity index is 86.4. The molecule has 46 valence electrons. The van der Waals surface area contributed by atoms with Gasteiger partial charge in [-0.25, -0.2) is 0 Å². The van der Waals surface area contributed by atoms with E-state index in [1.807, 2.05) is 0 Å². The Labute approximate surface area is 48.4 Å². The summed E-state index contributed by atoms with van der Waals surface area (Å²) in [5, 5.41) is 3.33. The molecule has 2 rings (SSSR count). The molecular formula is C5H10N2O. The molecule has 0 unspecified atom stereocenters. The van der Waals surface area contributed by atoms with E-state index in [2.05, 4.69) is 10.8 Å². The Morgan fingerprint density at radius 2 is 2.38 bits per heavy atom. The maximum Gasteiger partial charge on any atom is 0.166 e. The maximum absolute atomic E-state index is 4.88. The van der Waals surface area contributed by atoms with Crippen LogP contribution in [0.4, 0.5) is 0 Å². The molecule has 0 aromatic rings. The molecule has 2 aliphatic rings. The van der Waals surface area contributed by atoms with Gasteiger partial charge in [-0.1, -0.05) is 0 Å². The number of rotatable bonds is 1. The van der Waals surface area contributed by atoms with E-state index in [4.69, 9.17) is 4.84 Å². The third-order valence-corrected chi connectivity index (χ3v) is 1.72. The van der Waals surface area contributed by atoms with Crippen molar-refractivity contribution in [3.8, 4) is 0 Å². The predicted molar refractivity (Wildman–Crippen MR) is 29.0 cm³/mol. The summed E-state index contributed by atoms with van der Waals surface area (Å²) in [6.45, 7) is 1.16. The first-order valence-electron chi connectivity index (χ1n) is 3.11. The zero-order chi connectivity index (χ0) is 5.40. The number of nitrogens with one attached hydrogen (secondary N) is 2. The molecule has 2 atom stereocenters. The van der Waals surface area contributed by atoms with Crippen LogP contribution in [0.3, 0.4) is 0 Å². The second kappa shape index (κ2) is 1.69. The fourth-order valence-corrected chi connectivity index (χ4v) is 1.17. The van der Waals surface area contributed by atoms with Crippen molar-refractivity contribution in [1.29, 1.82) is 0 Å². The Balaban J connectivity index is 1.86. The first kappa shape index (κ1) is 4.73. The first-order valence-corrected chi connectivity index (χ1v) is 3.11. The molecule has 0 saturated carbocycles. The van der Waals surface area contributed by atoms with Crippen molar-refractivity contribution in [3.63, 3.8) is 0 Å². The highest BCUT2D eigenvalue weighted by Crippen LogP contribution is 2.15. The molecule has 2 heterocycles. The minimum absolute atomic E-state index is 0.331. The zero-order valence-corrected chi connectivity index (χ0v) is 4.68. The van der Waals surface area contributed by atoms with Gasteiger partial charge in [-0.15, -0.1) is 0 Å². The summed E-state index contributed by atoms with van der Waals surface area (Å²) < 4.78 is 0. The summed E-state index contributed by atoms with van der Waals surface area (Å²) in [5.74, 6) is 0. The summed E-state index contributed by atoms with van der Waals surface area (Å²) in [4.78, 5) is 4.88. The fourth-order valence-electron chi connectivity index (χ4n) is 1.17. The molecule has 3 nitrogen and oxygen atoms in total. The van der Waals surface area contributed by atoms with Gasteiger partial charge in [-0.05, 0) is 19.4 Å². The van der Waals surface area contributed by atoms with Crippen LogP contribution in [0.15, 0.2) is 0 Å². The van der Waals surface area contributed by atoms with Crippen molar-refractivity contribution in [2.75, 3.05) is 6.54 Å². The quantitative estimate of drug-likeness (QED) is 0.456. The van der Waals surface area contributed by atoms with Crippen LogP contribution in [0.1, 0.15) is 12.8 Å². The lowest BCUT2D eigenvalue weighted by Crippen LogP contribution is -2.28. The molecule has 0 amide bonds.